The molecule has 0 amide bonds. The van der Waals surface area contributed by atoms with E-state index in [2.05, 4.69) is 19.7 Å². The third kappa shape index (κ3) is 5.08. The van der Waals surface area contributed by atoms with Crippen molar-refractivity contribution in [1.82, 2.24) is 19.7 Å². The van der Waals surface area contributed by atoms with Gasteiger partial charge in [-0.25, -0.2) is 4.98 Å². The number of hydrogen-bond donors (Lipinski definition) is 0. The Bertz CT molecular complexity index is 1200. The Balaban J connectivity index is 1.36. The maximum Gasteiger partial charge on any atom is 0.205 e. The smallest absolute Gasteiger partial charge is 0.205 e. The van der Waals surface area contributed by atoms with Gasteiger partial charge in [-0.2, -0.15) is 0 Å². The monoisotopic (exact) mass is 482 g/mol. The van der Waals surface area contributed by atoms with Crippen LogP contribution in [0.3, 0.4) is 0 Å². The first-order valence-corrected chi connectivity index (χ1v) is 12.1. The first-order chi connectivity index (χ1) is 16.2. The standard InChI is InChI=1S/C24H23ClN4O3S/c1-30-19-10-6-17(7-11-19)23-27-28-24(29(23)14-20-3-2-12-31-20)33-15-22-26-13-21(32-22)16-4-8-18(25)9-5-16/h4-11,13,20H,2-3,12,14-15H2,1H3. The molecule has 1 atom stereocenters. The minimum atomic E-state index is 0.163. The van der Waals surface area contributed by atoms with Crippen LogP contribution in [0.25, 0.3) is 22.7 Å². The van der Waals surface area contributed by atoms with Gasteiger partial charge in [0.15, 0.2) is 16.7 Å². The van der Waals surface area contributed by atoms with E-state index in [1.54, 1.807) is 25.1 Å². The van der Waals surface area contributed by atoms with Gasteiger partial charge in [0.2, 0.25) is 5.89 Å². The van der Waals surface area contributed by atoms with Crippen LogP contribution in [0.2, 0.25) is 5.02 Å². The molecule has 4 aromatic rings. The molecule has 1 aliphatic heterocycles. The van der Waals surface area contributed by atoms with Crippen LogP contribution in [-0.4, -0.2) is 39.6 Å². The highest BCUT2D eigenvalue weighted by Crippen LogP contribution is 2.30. The zero-order chi connectivity index (χ0) is 22.6. The Labute approximate surface area is 201 Å². The number of benzene rings is 2. The van der Waals surface area contributed by atoms with Gasteiger partial charge in [-0.1, -0.05) is 23.4 Å². The lowest BCUT2D eigenvalue weighted by Crippen LogP contribution is -2.16. The van der Waals surface area contributed by atoms with E-state index in [0.29, 0.717) is 29.0 Å². The summed E-state index contributed by atoms with van der Waals surface area (Å²) in [6, 6.07) is 15.4. The van der Waals surface area contributed by atoms with Gasteiger partial charge in [-0.15, -0.1) is 10.2 Å². The number of thioether (sulfide) groups is 1. The Morgan fingerprint density at radius 3 is 2.61 bits per heavy atom. The molecule has 2 aromatic heterocycles. The van der Waals surface area contributed by atoms with Crippen LogP contribution >= 0.6 is 23.4 Å². The summed E-state index contributed by atoms with van der Waals surface area (Å²) in [6.07, 6.45) is 4.01. The van der Waals surface area contributed by atoms with Gasteiger partial charge in [0.05, 0.1) is 31.7 Å². The molecule has 1 saturated heterocycles. The highest BCUT2D eigenvalue weighted by Gasteiger charge is 2.22. The molecule has 0 aliphatic carbocycles. The predicted molar refractivity (Wildman–Crippen MR) is 127 cm³/mol. The number of rotatable bonds is 8. The summed E-state index contributed by atoms with van der Waals surface area (Å²) in [5.74, 6) is 3.49. The van der Waals surface area contributed by atoms with Crippen molar-refractivity contribution in [1.29, 1.82) is 0 Å². The van der Waals surface area contributed by atoms with Crippen molar-refractivity contribution in [2.24, 2.45) is 0 Å². The topological polar surface area (TPSA) is 75.2 Å². The fourth-order valence-corrected chi connectivity index (χ4v) is 4.68. The number of aromatic nitrogens is 4. The minimum absolute atomic E-state index is 0.163. The Morgan fingerprint density at radius 2 is 1.88 bits per heavy atom. The molecule has 5 rings (SSSR count). The van der Waals surface area contributed by atoms with Crippen LogP contribution in [0.5, 0.6) is 5.75 Å². The van der Waals surface area contributed by atoms with Gasteiger partial charge in [0.25, 0.3) is 0 Å². The Kier molecular flexibility index (Phi) is 6.66. The summed E-state index contributed by atoms with van der Waals surface area (Å²) in [4.78, 5) is 4.43. The number of methoxy groups -OCH3 is 1. The molecule has 0 radical (unpaired) electrons. The largest absolute Gasteiger partial charge is 0.497 e. The van der Waals surface area contributed by atoms with Gasteiger partial charge in [0.1, 0.15) is 5.75 Å². The summed E-state index contributed by atoms with van der Waals surface area (Å²) < 4.78 is 19.3. The maximum absolute atomic E-state index is 5.98. The molecular formula is C24H23ClN4O3S. The second kappa shape index (κ2) is 9.99. The molecule has 0 N–H and O–H groups in total. The van der Waals surface area contributed by atoms with E-state index in [0.717, 1.165) is 47.3 Å². The van der Waals surface area contributed by atoms with Gasteiger partial charge < -0.3 is 13.9 Å². The second-order valence-corrected chi connectivity index (χ2v) is 9.07. The van der Waals surface area contributed by atoms with E-state index in [-0.39, 0.29) is 6.10 Å². The Hall–Kier alpha value is -2.81. The first kappa shape index (κ1) is 22.0. The normalized spacial score (nSPS) is 15.8. The van der Waals surface area contributed by atoms with Gasteiger partial charge in [-0.3, -0.25) is 4.57 Å². The van der Waals surface area contributed by atoms with Gasteiger partial charge >= 0.3 is 0 Å². The van der Waals surface area contributed by atoms with Crippen molar-refractivity contribution in [2.45, 2.75) is 36.4 Å². The van der Waals surface area contributed by atoms with Crippen LogP contribution in [0.15, 0.2) is 64.3 Å². The second-order valence-electron chi connectivity index (χ2n) is 7.69. The fraction of sp³-hybridized carbons (Fsp3) is 0.292. The van der Waals surface area contributed by atoms with Crippen molar-refractivity contribution in [3.63, 3.8) is 0 Å². The number of hydrogen-bond acceptors (Lipinski definition) is 7. The Morgan fingerprint density at radius 1 is 1.09 bits per heavy atom. The summed E-state index contributed by atoms with van der Waals surface area (Å²) >= 11 is 7.53. The van der Waals surface area contributed by atoms with Gasteiger partial charge in [-0.05, 0) is 61.4 Å². The lowest BCUT2D eigenvalue weighted by Gasteiger charge is -2.14. The third-order valence-corrected chi connectivity index (χ3v) is 6.69. The quantitative estimate of drug-likeness (QED) is 0.297. The molecule has 1 aliphatic rings. The molecule has 0 saturated carbocycles. The van der Waals surface area contributed by atoms with E-state index in [1.807, 2.05) is 48.5 Å². The van der Waals surface area contributed by atoms with E-state index >= 15 is 0 Å². The molecule has 1 unspecified atom stereocenters. The molecule has 7 nitrogen and oxygen atoms in total. The molecule has 9 heteroatoms. The van der Waals surface area contributed by atoms with Crippen LogP contribution in [0.1, 0.15) is 18.7 Å². The van der Waals surface area contributed by atoms with E-state index in [1.165, 1.54) is 0 Å². The zero-order valence-corrected chi connectivity index (χ0v) is 19.7. The molecule has 3 heterocycles. The van der Waals surface area contributed by atoms with E-state index < -0.39 is 0 Å². The summed E-state index contributed by atoms with van der Waals surface area (Å²) in [5, 5.41) is 10.5. The SMILES string of the molecule is COc1ccc(-c2nnc(SCc3ncc(-c4ccc(Cl)cc4)o3)n2CC2CCCO2)cc1. The average molecular weight is 483 g/mol. The van der Waals surface area contributed by atoms with Crippen LogP contribution < -0.4 is 4.74 Å². The molecule has 33 heavy (non-hydrogen) atoms. The summed E-state index contributed by atoms with van der Waals surface area (Å²) in [5.41, 5.74) is 1.92. The molecule has 0 bridgehead atoms. The van der Waals surface area contributed by atoms with Crippen molar-refractivity contribution >= 4 is 23.4 Å². The fourth-order valence-electron chi connectivity index (χ4n) is 3.76. The maximum atomic E-state index is 5.98. The number of halogens is 1. The number of nitrogens with zero attached hydrogens (tertiary/aromatic N) is 4. The predicted octanol–water partition coefficient (Wildman–Crippen LogP) is 5.73. The van der Waals surface area contributed by atoms with E-state index in [9.17, 15) is 0 Å². The summed E-state index contributed by atoms with van der Waals surface area (Å²) in [7, 11) is 1.66. The number of oxazole rings is 1. The first-order valence-electron chi connectivity index (χ1n) is 10.7. The molecule has 1 fully saturated rings. The highest BCUT2D eigenvalue weighted by atomic mass is 35.5. The minimum Gasteiger partial charge on any atom is -0.497 e. The zero-order valence-electron chi connectivity index (χ0n) is 18.1. The van der Waals surface area contributed by atoms with Crippen LogP contribution in [0, 0.1) is 0 Å². The number of ether oxygens (including phenoxy) is 2. The molecule has 0 spiro atoms. The van der Waals surface area contributed by atoms with Crippen molar-refractivity contribution in [3.8, 4) is 28.5 Å². The molecule has 2 aromatic carbocycles. The lowest BCUT2D eigenvalue weighted by atomic mass is 10.2. The van der Waals surface area contributed by atoms with Crippen molar-refractivity contribution < 1.29 is 13.9 Å². The average Bonchev–Trinajstić information content (AvgIpc) is 3.61. The van der Waals surface area contributed by atoms with Crippen LogP contribution in [0.4, 0.5) is 0 Å². The molecular weight excluding hydrogens is 460 g/mol. The van der Waals surface area contributed by atoms with Crippen molar-refractivity contribution in [3.05, 3.63) is 65.6 Å². The highest BCUT2D eigenvalue weighted by molar-refractivity contribution is 7.98. The summed E-state index contributed by atoms with van der Waals surface area (Å²) in [6.45, 7) is 1.51. The third-order valence-electron chi connectivity index (χ3n) is 5.48. The van der Waals surface area contributed by atoms with Gasteiger partial charge in [0, 0.05) is 22.8 Å². The lowest BCUT2D eigenvalue weighted by molar-refractivity contribution is 0.0953. The van der Waals surface area contributed by atoms with E-state index in [4.69, 9.17) is 25.5 Å². The molecule has 170 valence electrons. The van der Waals surface area contributed by atoms with Crippen LogP contribution in [-0.2, 0) is 17.0 Å². The van der Waals surface area contributed by atoms with Crippen molar-refractivity contribution in [2.75, 3.05) is 13.7 Å².